The molecule has 1 aromatic carbocycles. The molecule has 0 aliphatic heterocycles. The Balaban J connectivity index is 2.29. The molecule has 0 saturated heterocycles. The molecule has 3 nitrogen and oxygen atoms in total. The first-order valence-corrected chi connectivity index (χ1v) is 6.27. The zero-order chi connectivity index (χ0) is 13.8. The predicted octanol–water partition coefficient (Wildman–Crippen LogP) is 3.48. The number of hydrogen-bond donors (Lipinski definition) is 0. The van der Waals surface area contributed by atoms with Gasteiger partial charge in [-0.25, -0.2) is 0 Å². The summed E-state index contributed by atoms with van der Waals surface area (Å²) in [6.07, 6.45) is 1.92. The third-order valence-electron chi connectivity index (χ3n) is 2.90. The van der Waals surface area contributed by atoms with Crippen molar-refractivity contribution in [3.8, 4) is 5.75 Å². The summed E-state index contributed by atoms with van der Waals surface area (Å²) < 4.78 is 5.24. The molecule has 19 heavy (non-hydrogen) atoms. The van der Waals surface area contributed by atoms with E-state index in [9.17, 15) is 4.79 Å². The lowest BCUT2D eigenvalue weighted by atomic mass is 10.0. The maximum Gasteiger partial charge on any atom is 0.169 e. The van der Waals surface area contributed by atoms with Crippen LogP contribution >= 0.6 is 11.6 Å². The molecule has 2 aromatic rings. The molecule has 0 spiro atoms. The van der Waals surface area contributed by atoms with Crippen LogP contribution in [0.2, 0.25) is 5.02 Å². The number of methoxy groups -OCH3 is 1. The van der Waals surface area contributed by atoms with Crippen molar-refractivity contribution in [3.63, 3.8) is 0 Å². The van der Waals surface area contributed by atoms with Crippen molar-refractivity contribution in [2.24, 2.45) is 0 Å². The summed E-state index contributed by atoms with van der Waals surface area (Å²) in [5, 5.41) is 0.589. The van der Waals surface area contributed by atoms with E-state index >= 15 is 0 Å². The summed E-state index contributed by atoms with van der Waals surface area (Å²) in [5.74, 6) is 0.672. The number of aryl methyl sites for hydroxylation is 1. The first-order chi connectivity index (χ1) is 9.11. The summed E-state index contributed by atoms with van der Waals surface area (Å²) in [5.41, 5.74) is 2.14. The van der Waals surface area contributed by atoms with Gasteiger partial charge < -0.3 is 4.74 Å². The van der Waals surface area contributed by atoms with Crippen LogP contribution in [-0.2, 0) is 6.42 Å². The van der Waals surface area contributed by atoms with Gasteiger partial charge >= 0.3 is 0 Å². The topological polar surface area (TPSA) is 39.2 Å². The summed E-state index contributed by atoms with van der Waals surface area (Å²) in [6, 6.07) is 8.80. The van der Waals surface area contributed by atoms with E-state index in [2.05, 4.69) is 4.98 Å². The molecule has 0 aliphatic rings. The zero-order valence-electron chi connectivity index (χ0n) is 10.8. The molecule has 0 saturated carbocycles. The highest BCUT2D eigenvalue weighted by molar-refractivity contribution is 6.30. The van der Waals surface area contributed by atoms with Gasteiger partial charge in [0.25, 0.3) is 0 Å². The Morgan fingerprint density at radius 1 is 1.37 bits per heavy atom. The smallest absolute Gasteiger partial charge is 0.169 e. The van der Waals surface area contributed by atoms with Crippen molar-refractivity contribution in [3.05, 3.63) is 58.4 Å². The largest absolute Gasteiger partial charge is 0.496 e. The molecule has 2 rings (SSSR count). The molecule has 0 aliphatic carbocycles. The maximum atomic E-state index is 12.3. The van der Waals surface area contributed by atoms with Gasteiger partial charge in [0.2, 0.25) is 0 Å². The number of pyridine rings is 1. The highest BCUT2D eigenvalue weighted by Gasteiger charge is 2.13. The maximum absolute atomic E-state index is 12.3. The molecule has 4 heteroatoms. The standard InChI is InChI=1S/C15H14ClNO2/c1-10-13(4-3-7-17-10)14(18)9-11-8-12(16)5-6-15(11)19-2/h3-8H,9H2,1-2H3. The second-order valence-corrected chi connectivity index (χ2v) is 4.63. The van der Waals surface area contributed by atoms with Crippen molar-refractivity contribution in [1.29, 1.82) is 0 Å². The number of Topliss-reactive ketones (excluding diaryl/α,β-unsaturated/α-hetero) is 1. The summed E-state index contributed by atoms with van der Waals surface area (Å²) in [4.78, 5) is 16.4. The first kappa shape index (κ1) is 13.6. The van der Waals surface area contributed by atoms with Crippen molar-refractivity contribution < 1.29 is 9.53 Å². The van der Waals surface area contributed by atoms with Crippen LogP contribution in [0.15, 0.2) is 36.5 Å². The Kier molecular flexibility index (Phi) is 4.17. The van der Waals surface area contributed by atoms with Gasteiger partial charge in [0.1, 0.15) is 5.75 Å². The van der Waals surface area contributed by atoms with Crippen LogP contribution in [0.25, 0.3) is 0 Å². The van der Waals surface area contributed by atoms with Crippen LogP contribution in [0, 0.1) is 6.92 Å². The number of ether oxygens (including phenoxy) is 1. The van der Waals surface area contributed by atoms with E-state index in [0.29, 0.717) is 16.3 Å². The molecule has 0 bridgehead atoms. The molecular formula is C15H14ClNO2. The fourth-order valence-electron chi connectivity index (χ4n) is 1.93. The van der Waals surface area contributed by atoms with Crippen molar-refractivity contribution in [2.45, 2.75) is 13.3 Å². The normalized spacial score (nSPS) is 10.3. The Morgan fingerprint density at radius 2 is 2.16 bits per heavy atom. The van der Waals surface area contributed by atoms with E-state index < -0.39 is 0 Å². The lowest BCUT2D eigenvalue weighted by molar-refractivity contribution is 0.0991. The minimum Gasteiger partial charge on any atom is -0.496 e. The zero-order valence-corrected chi connectivity index (χ0v) is 11.6. The molecule has 0 atom stereocenters. The third kappa shape index (κ3) is 3.12. The van der Waals surface area contributed by atoms with Crippen LogP contribution in [0.1, 0.15) is 21.6 Å². The van der Waals surface area contributed by atoms with E-state index in [4.69, 9.17) is 16.3 Å². The number of benzene rings is 1. The van der Waals surface area contributed by atoms with E-state index in [1.54, 1.807) is 43.6 Å². The van der Waals surface area contributed by atoms with Gasteiger partial charge in [-0.05, 0) is 37.3 Å². The summed E-state index contributed by atoms with van der Waals surface area (Å²) in [6.45, 7) is 1.82. The van der Waals surface area contributed by atoms with E-state index in [-0.39, 0.29) is 12.2 Å². The van der Waals surface area contributed by atoms with E-state index in [0.717, 1.165) is 11.3 Å². The lowest BCUT2D eigenvalue weighted by Crippen LogP contribution is -2.07. The highest BCUT2D eigenvalue weighted by atomic mass is 35.5. The van der Waals surface area contributed by atoms with E-state index in [1.165, 1.54) is 0 Å². The van der Waals surface area contributed by atoms with Crippen LogP contribution in [0.4, 0.5) is 0 Å². The minimum atomic E-state index is 0.00571. The quantitative estimate of drug-likeness (QED) is 0.802. The number of hydrogen-bond acceptors (Lipinski definition) is 3. The second-order valence-electron chi connectivity index (χ2n) is 4.19. The van der Waals surface area contributed by atoms with Gasteiger partial charge in [-0.1, -0.05) is 11.6 Å². The number of ketones is 1. The summed E-state index contributed by atoms with van der Waals surface area (Å²) in [7, 11) is 1.58. The van der Waals surface area contributed by atoms with Gasteiger partial charge in [-0.15, -0.1) is 0 Å². The van der Waals surface area contributed by atoms with Crippen molar-refractivity contribution in [2.75, 3.05) is 7.11 Å². The SMILES string of the molecule is COc1ccc(Cl)cc1CC(=O)c1cccnc1C. The number of halogens is 1. The fourth-order valence-corrected chi connectivity index (χ4v) is 2.13. The monoisotopic (exact) mass is 275 g/mol. The van der Waals surface area contributed by atoms with Gasteiger partial charge in [-0.3, -0.25) is 9.78 Å². The molecule has 1 aromatic heterocycles. The average Bonchev–Trinajstić information content (AvgIpc) is 2.39. The third-order valence-corrected chi connectivity index (χ3v) is 3.14. The Hall–Kier alpha value is -1.87. The van der Waals surface area contributed by atoms with Crippen molar-refractivity contribution in [1.82, 2.24) is 4.98 Å². The van der Waals surface area contributed by atoms with Crippen LogP contribution in [0.3, 0.4) is 0 Å². The number of aromatic nitrogens is 1. The van der Waals surface area contributed by atoms with Crippen LogP contribution in [-0.4, -0.2) is 17.9 Å². The second kappa shape index (κ2) is 5.85. The number of carbonyl (C=O) groups excluding carboxylic acids is 1. The highest BCUT2D eigenvalue weighted by Crippen LogP contribution is 2.24. The van der Waals surface area contributed by atoms with Gasteiger partial charge in [-0.2, -0.15) is 0 Å². The molecule has 0 unspecified atom stereocenters. The molecule has 0 N–H and O–H groups in total. The Labute approximate surface area is 117 Å². The first-order valence-electron chi connectivity index (χ1n) is 5.89. The molecule has 1 heterocycles. The lowest BCUT2D eigenvalue weighted by Gasteiger charge is -2.09. The minimum absolute atomic E-state index is 0.00571. The molecule has 0 fully saturated rings. The Bertz CT molecular complexity index is 611. The summed E-state index contributed by atoms with van der Waals surface area (Å²) >= 11 is 5.96. The molecular weight excluding hydrogens is 262 g/mol. The number of carbonyl (C=O) groups is 1. The van der Waals surface area contributed by atoms with Crippen LogP contribution < -0.4 is 4.74 Å². The molecule has 98 valence electrons. The van der Waals surface area contributed by atoms with Crippen LogP contribution in [0.5, 0.6) is 5.75 Å². The molecule has 0 radical (unpaired) electrons. The van der Waals surface area contributed by atoms with Crippen molar-refractivity contribution >= 4 is 17.4 Å². The Morgan fingerprint density at radius 3 is 2.84 bits per heavy atom. The van der Waals surface area contributed by atoms with Gasteiger partial charge in [0.05, 0.1) is 7.11 Å². The number of nitrogens with zero attached hydrogens (tertiary/aromatic N) is 1. The number of rotatable bonds is 4. The van der Waals surface area contributed by atoms with Gasteiger partial charge in [0, 0.05) is 34.5 Å². The van der Waals surface area contributed by atoms with E-state index in [1.807, 2.05) is 6.92 Å². The van der Waals surface area contributed by atoms with Gasteiger partial charge in [0.15, 0.2) is 5.78 Å². The predicted molar refractivity (Wildman–Crippen MR) is 75.0 cm³/mol. The fraction of sp³-hybridized carbons (Fsp3) is 0.200. The average molecular weight is 276 g/mol. The molecule has 0 amide bonds.